The predicted octanol–water partition coefficient (Wildman–Crippen LogP) is 3.52. The number of hydrogen-bond donors (Lipinski definition) is 0. The summed E-state index contributed by atoms with van der Waals surface area (Å²) < 4.78 is 5.30. The van der Waals surface area contributed by atoms with Gasteiger partial charge in [-0.15, -0.1) is 0 Å². The zero-order valence-corrected chi connectivity index (χ0v) is 12.0. The maximum atomic E-state index is 11.9. The van der Waals surface area contributed by atoms with E-state index in [1.807, 2.05) is 30.3 Å². The minimum atomic E-state index is -0.150. The Kier molecular flexibility index (Phi) is 5.33. The van der Waals surface area contributed by atoms with Crippen molar-refractivity contribution in [3.8, 4) is 0 Å². The van der Waals surface area contributed by atoms with Crippen molar-refractivity contribution in [1.82, 2.24) is 0 Å². The van der Waals surface area contributed by atoms with Gasteiger partial charge in [-0.05, 0) is 37.7 Å². The minimum Gasteiger partial charge on any atom is -0.461 e. The molecule has 0 saturated heterocycles. The van der Waals surface area contributed by atoms with Crippen molar-refractivity contribution in [1.29, 1.82) is 0 Å². The van der Waals surface area contributed by atoms with E-state index in [1.54, 1.807) is 6.92 Å². The Bertz CT molecular complexity index is 453. The van der Waals surface area contributed by atoms with Crippen molar-refractivity contribution in [2.24, 2.45) is 11.8 Å². The van der Waals surface area contributed by atoms with Crippen molar-refractivity contribution in [2.75, 3.05) is 0 Å². The Morgan fingerprint density at radius 2 is 1.95 bits per heavy atom. The molecule has 3 nitrogen and oxygen atoms in total. The van der Waals surface area contributed by atoms with Gasteiger partial charge in [0, 0.05) is 12.3 Å². The van der Waals surface area contributed by atoms with Crippen LogP contribution in [0.25, 0.3) is 0 Å². The number of esters is 1. The van der Waals surface area contributed by atoms with Gasteiger partial charge in [-0.25, -0.2) is 0 Å². The number of rotatable bonds is 5. The molecule has 1 aromatic rings. The fraction of sp³-hybridized carbons (Fsp3) is 0.529. The van der Waals surface area contributed by atoms with Crippen molar-refractivity contribution < 1.29 is 14.3 Å². The normalized spacial score (nSPS) is 22.2. The van der Waals surface area contributed by atoms with Gasteiger partial charge in [0.05, 0.1) is 0 Å². The predicted molar refractivity (Wildman–Crippen MR) is 77.0 cm³/mol. The number of carbonyl (C=O) groups excluding carboxylic acids is 2. The quantitative estimate of drug-likeness (QED) is 0.772. The summed E-state index contributed by atoms with van der Waals surface area (Å²) >= 11 is 0. The molecule has 3 heteroatoms. The van der Waals surface area contributed by atoms with Crippen LogP contribution in [-0.2, 0) is 20.9 Å². The zero-order chi connectivity index (χ0) is 14.4. The van der Waals surface area contributed by atoms with Gasteiger partial charge in [0.25, 0.3) is 0 Å². The second-order valence-electron chi connectivity index (χ2n) is 5.69. The molecule has 1 saturated carbocycles. The molecule has 1 aromatic carbocycles. The second-order valence-corrected chi connectivity index (χ2v) is 5.69. The van der Waals surface area contributed by atoms with Crippen LogP contribution in [0.5, 0.6) is 0 Å². The van der Waals surface area contributed by atoms with E-state index in [0.29, 0.717) is 18.9 Å². The Morgan fingerprint density at radius 1 is 1.20 bits per heavy atom. The van der Waals surface area contributed by atoms with E-state index in [4.69, 9.17) is 4.74 Å². The molecule has 0 N–H and O–H groups in total. The maximum Gasteiger partial charge on any atom is 0.306 e. The topological polar surface area (TPSA) is 43.4 Å². The van der Waals surface area contributed by atoms with Crippen LogP contribution in [0.2, 0.25) is 0 Å². The number of Topliss-reactive ketones (excluding diaryl/α,β-unsaturated/α-hetero) is 1. The molecule has 0 spiro atoms. The van der Waals surface area contributed by atoms with Crippen molar-refractivity contribution in [2.45, 2.75) is 45.6 Å². The summed E-state index contributed by atoms with van der Waals surface area (Å²) in [4.78, 5) is 23.3. The largest absolute Gasteiger partial charge is 0.461 e. The first-order chi connectivity index (χ1) is 9.65. The molecule has 1 aliphatic carbocycles. The van der Waals surface area contributed by atoms with Crippen LogP contribution in [0.3, 0.4) is 0 Å². The van der Waals surface area contributed by atoms with Crippen molar-refractivity contribution >= 4 is 11.8 Å². The second kappa shape index (κ2) is 7.22. The van der Waals surface area contributed by atoms with Gasteiger partial charge in [0.1, 0.15) is 12.4 Å². The Hall–Kier alpha value is -1.64. The first-order valence-electron chi connectivity index (χ1n) is 7.35. The van der Waals surface area contributed by atoms with E-state index in [9.17, 15) is 9.59 Å². The van der Waals surface area contributed by atoms with Crippen LogP contribution in [0.15, 0.2) is 30.3 Å². The molecule has 2 atom stereocenters. The Balaban J connectivity index is 1.75. The number of benzene rings is 1. The third kappa shape index (κ3) is 4.48. The van der Waals surface area contributed by atoms with Crippen LogP contribution in [0, 0.1) is 11.8 Å². The third-order valence-corrected chi connectivity index (χ3v) is 4.06. The van der Waals surface area contributed by atoms with Gasteiger partial charge in [-0.1, -0.05) is 36.8 Å². The average molecular weight is 274 g/mol. The Morgan fingerprint density at radius 3 is 2.65 bits per heavy atom. The molecule has 1 aliphatic rings. The summed E-state index contributed by atoms with van der Waals surface area (Å²) in [6, 6.07) is 9.69. The standard InChI is InChI=1S/C17H22O3/c1-13(18)16-9-5-8-15(10-16)11-17(19)20-12-14-6-3-2-4-7-14/h2-4,6-7,15-16H,5,8-12H2,1H3/t15-,16+/m0/s1. The molecular weight excluding hydrogens is 252 g/mol. The van der Waals surface area contributed by atoms with E-state index < -0.39 is 0 Å². The van der Waals surface area contributed by atoms with Gasteiger partial charge >= 0.3 is 5.97 Å². The SMILES string of the molecule is CC(=O)[C@@H]1CCC[C@H](CC(=O)OCc2ccccc2)C1. The third-order valence-electron chi connectivity index (χ3n) is 4.06. The van der Waals surface area contributed by atoms with Crippen LogP contribution in [0.1, 0.15) is 44.6 Å². The van der Waals surface area contributed by atoms with Crippen LogP contribution in [0.4, 0.5) is 0 Å². The van der Waals surface area contributed by atoms with E-state index in [0.717, 1.165) is 31.2 Å². The highest BCUT2D eigenvalue weighted by atomic mass is 16.5. The summed E-state index contributed by atoms with van der Waals surface area (Å²) in [5.41, 5.74) is 1.01. The monoisotopic (exact) mass is 274 g/mol. The van der Waals surface area contributed by atoms with Crippen LogP contribution >= 0.6 is 0 Å². The zero-order valence-electron chi connectivity index (χ0n) is 12.0. The number of carbonyl (C=O) groups is 2. The average Bonchev–Trinajstić information content (AvgIpc) is 2.46. The maximum absolute atomic E-state index is 11.9. The van der Waals surface area contributed by atoms with E-state index in [2.05, 4.69) is 0 Å². The molecule has 0 bridgehead atoms. The Labute approximate surface area is 120 Å². The molecule has 108 valence electrons. The van der Waals surface area contributed by atoms with Gasteiger partial charge in [-0.3, -0.25) is 9.59 Å². The van der Waals surface area contributed by atoms with Gasteiger partial charge < -0.3 is 4.74 Å². The van der Waals surface area contributed by atoms with Gasteiger partial charge in [-0.2, -0.15) is 0 Å². The van der Waals surface area contributed by atoms with Crippen molar-refractivity contribution in [3.05, 3.63) is 35.9 Å². The first-order valence-corrected chi connectivity index (χ1v) is 7.35. The summed E-state index contributed by atoms with van der Waals surface area (Å²) in [7, 11) is 0. The fourth-order valence-electron chi connectivity index (χ4n) is 2.88. The van der Waals surface area contributed by atoms with E-state index >= 15 is 0 Å². The lowest BCUT2D eigenvalue weighted by atomic mass is 9.78. The lowest BCUT2D eigenvalue weighted by Gasteiger charge is -2.26. The molecule has 1 fully saturated rings. The number of hydrogen-bond acceptors (Lipinski definition) is 3. The highest BCUT2D eigenvalue weighted by Crippen LogP contribution is 2.31. The number of ether oxygens (including phenoxy) is 1. The lowest BCUT2D eigenvalue weighted by molar-refractivity contribution is -0.146. The van der Waals surface area contributed by atoms with Gasteiger partial charge in [0.2, 0.25) is 0 Å². The van der Waals surface area contributed by atoms with Crippen LogP contribution < -0.4 is 0 Å². The molecule has 2 rings (SSSR count). The van der Waals surface area contributed by atoms with Crippen molar-refractivity contribution in [3.63, 3.8) is 0 Å². The minimum absolute atomic E-state index is 0.149. The summed E-state index contributed by atoms with van der Waals surface area (Å²) in [6.45, 7) is 1.99. The fourth-order valence-corrected chi connectivity index (χ4v) is 2.88. The molecule has 0 radical (unpaired) electrons. The summed E-state index contributed by atoms with van der Waals surface area (Å²) in [5, 5.41) is 0. The summed E-state index contributed by atoms with van der Waals surface area (Å²) in [5.74, 6) is 0.562. The summed E-state index contributed by atoms with van der Waals surface area (Å²) in [6.07, 6.45) is 4.34. The highest BCUT2D eigenvalue weighted by molar-refractivity contribution is 5.78. The molecular formula is C17H22O3. The van der Waals surface area contributed by atoms with E-state index in [-0.39, 0.29) is 17.7 Å². The van der Waals surface area contributed by atoms with Crippen LogP contribution in [-0.4, -0.2) is 11.8 Å². The van der Waals surface area contributed by atoms with Gasteiger partial charge in [0.15, 0.2) is 0 Å². The molecule has 0 amide bonds. The number of ketones is 1. The molecule has 0 aliphatic heterocycles. The lowest BCUT2D eigenvalue weighted by Crippen LogP contribution is -2.23. The molecule has 0 heterocycles. The van der Waals surface area contributed by atoms with E-state index in [1.165, 1.54) is 0 Å². The smallest absolute Gasteiger partial charge is 0.306 e. The molecule has 20 heavy (non-hydrogen) atoms. The highest BCUT2D eigenvalue weighted by Gasteiger charge is 2.26. The molecule has 0 aromatic heterocycles. The molecule has 0 unspecified atom stereocenters. The first kappa shape index (κ1) is 14.8.